The van der Waals surface area contributed by atoms with E-state index in [2.05, 4.69) is 20.9 Å². The summed E-state index contributed by atoms with van der Waals surface area (Å²) in [6.07, 6.45) is 2.85. The number of sulfonamides is 1. The number of amides is 1. The first-order chi connectivity index (χ1) is 15.0. The minimum atomic E-state index is -3.49. The molecule has 2 aromatic carbocycles. The molecule has 0 spiro atoms. The highest BCUT2D eigenvalue weighted by Gasteiger charge is 2.25. The number of nitrogens with zero attached hydrogens (tertiary/aromatic N) is 2. The maximum atomic E-state index is 12.7. The second-order valence-electron chi connectivity index (χ2n) is 7.65. The summed E-state index contributed by atoms with van der Waals surface area (Å²) in [4.78, 5) is 17.0. The number of piperidine rings is 1. The average molecular weight is 442 g/mol. The minimum absolute atomic E-state index is 0.232. The van der Waals surface area contributed by atoms with Crippen LogP contribution in [0.3, 0.4) is 0 Å². The zero-order valence-corrected chi connectivity index (χ0v) is 18.1. The highest BCUT2D eigenvalue weighted by Crippen LogP contribution is 2.21. The Bertz CT molecular complexity index is 1040. The number of anilines is 1. The van der Waals surface area contributed by atoms with Crippen LogP contribution in [-0.4, -0.2) is 50.8 Å². The fourth-order valence-corrected chi connectivity index (χ4v) is 5.16. The summed E-state index contributed by atoms with van der Waals surface area (Å²) in [6, 6.07) is 13.9. The van der Waals surface area contributed by atoms with Gasteiger partial charge in [0.05, 0.1) is 11.4 Å². The van der Waals surface area contributed by atoms with E-state index in [1.54, 1.807) is 12.1 Å². The Morgan fingerprint density at radius 3 is 2.35 bits per heavy atom. The molecule has 0 radical (unpaired) electrons. The van der Waals surface area contributed by atoms with Crippen molar-refractivity contribution in [3.63, 3.8) is 0 Å². The van der Waals surface area contributed by atoms with Gasteiger partial charge in [0.2, 0.25) is 10.0 Å². The molecule has 0 aliphatic carbocycles. The molecule has 1 fully saturated rings. The summed E-state index contributed by atoms with van der Waals surface area (Å²) < 4.78 is 27.0. The first kappa shape index (κ1) is 21.3. The van der Waals surface area contributed by atoms with E-state index >= 15 is 0 Å². The van der Waals surface area contributed by atoms with Gasteiger partial charge in [0, 0.05) is 37.4 Å². The first-order valence-corrected chi connectivity index (χ1v) is 12.0. The summed E-state index contributed by atoms with van der Waals surface area (Å²) in [5.74, 6) is 0.528. The van der Waals surface area contributed by atoms with Crippen molar-refractivity contribution in [2.45, 2.75) is 30.7 Å². The van der Waals surface area contributed by atoms with Gasteiger partial charge in [-0.3, -0.25) is 9.79 Å². The monoisotopic (exact) mass is 441 g/mol. The smallest absolute Gasteiger partial charge is 0.251 e. The largest absolute Gasteiger partial charge is 0.354 e. The molecular weight excluding hydrogens is 414 g/mol. The van der Waals surface area contributed by atoms with Crippen molar-refractivity contribution in [2.24, 2.45) is 4.99 Å². The molecule has 0 aromatic heterocycles. The van der Waals surface area contributed by atoms with Crippen LogP contribution < -0.4 is 16.0 Å². The van der Waals surface area contributed by atoms with E-state index in [9.17, 15) is 13.2 Å². The first-order valence-electron chi connectivity index (χ1n) is 10.5. The second-order valence-corrected chi connectivity index (χ2v) is 9.59. The van der Waals surface area contributed by atoms with Gasteiger partial charge < -0.3 is 16.0 Å². The van der Waals surface area contributed by atoms with Crippen molar-refractivity contribution in [1.82, 2.24) is 14.9 Å². The van der Waals surface area contributed by atoms with Gasteiger partial charge in [-0.15, -0.1) is 0 Å². The normalized spacial score (nSPS) is 17.0. The molecular formula is C22H27N5O3S. The highest BCUT2D eigenvalue weighted by molar-refractivity contribution is 7.89. The van der Waals surface area contributed by atoms with Crippen molar-refractivity contribution in [1.29, 1.82) is 0 Å². The van der Waals surface area contributed by atoms with E-state index in [1.807, 2.05) is 24.3 Å². The lowest BCUT2D eigenvalue weighted by Gasteiger charge is -2.25. The number of hydrogen-bond acceptors (Lipinski definition) is 6. The Morgan fingerprint density at radius 2 is 1.71 bits per heavy atom. The molecule has 2 heterocycles. The third-order valence-electron chi connectivity index (χ3n) is 5.41. The second kappa shape index (κ2) is 9.49. The zero-order chi connectivity index (χ0) is 21.7. The molecule has 2 aliphatic heterocycles. The molecule has 31 heavy (non-hydrogen) atoms. The number of carbonyl (C=O) groups excluding carboxylic acids is 1. The topological polar surface area (TPSA) is 103 Å². The predicted octanol–water partition coefficient (Wildman–Crippen LogP) is 2.16. The van der Waals surface area contributed by atoms with Gasteiger partial charge in [0.25, 0.3) is 5.91 Å². The van der Waals surface area contributed by atoms with Crippen LogP contribution in [-0.2, 0) is 16.6 Å². The molecule has 4 rings (SSSR count). The van der Waals surface area contributed by atoms with Crippen molar-refractivity contribution in [2.75, 3.05) is 31.5 Å². The van der Waals surface area contributed by atoms with Crippen molar-refractivity contribution in [3.05, 3.63) is 59.7 Å². The van der Waals surface area contributed by atoms with Gasteiger partial charge >= 0.3 is 0 Å². The summed E-state index contributed by atoms with van der Waals surface area (Å²) in [5, 5.41) is 9.22. The van der Waals surface area contributed by atoms with Crippen LogP contribution in [0, 0.1) is 0 Å². The molecule has 164 valence electrons. The fourth-order valence-electron chi connectivity index (χ4n) is 3.64. The molecule has 1 saturated heterocycles. The van der Waals surface area contributed by atoms with Crippen LogP contribution in [0.2, 0.25) is 0 Å². The van der Waals surface area contributed by atoms with Crippen LogP contribution in [0.4, 0.5) is 5.69 Å². The highest BCUT2D eigenvalue weighted by atomic mass is 32.2. The van der Waals surface area contributed by atoms with Gasteiger partial charge in [-0.1, -0.05) is 18.6 Å². The number of carbonyl (C=O) groups is 1. The van der Waals surface area contributed by atoms with Crippen LogP contribution in [0.1, 0.15) is 35.2 Å². The number of aliphatic imine (C=N–C) groups is 1. The molecule has 0 unspecified atom stereocenters. The lowest BCUT2D eigenvalue weighted by molar-refractivity contribution is 0.0951. The maximum absolute atomic E-state index is 12.7. The lowest BCUT2D eigenvalue weighted by atomic mass is 10.2. The van der Waals surface area contributed by atoms with Crippen molar-refractivity contribution >= 4 is 27.6 Å². The van der Waals surface area contributed by atoms with Crippen molar-refractivity contribution < 1.29 is 13.2 Å². The van der Waals surface area contributed by atoms with E-state index in [-0.39, 0.29) is 10.8 Å². The Morgan fingerprint density at radius 1 is 1.00 bits per heavy atom. The Labute approximate surface area is 182 Å². The SMILES string of the molecule is O=C(NCc1ccc(NC2=NCCN2)cc1)c1ccc(S(=O)(=O)N2CCCCC2)cc1. The van der Waals surface area contributed by atoms with Gasteiger partial charge in [-0.2, -0.15) is 4.31 Å². The summed E-state index contributed by atoms with van der Waals surface area (Å²) >= 11 is 0. The maximum Gasteiger partial charge on any atom is 0.251 e. The van der Waals surface area contributed by atoms with Crippen LogP contribution >= 0.6 is 0 Å². The van der Waals surface area contributed by atoms with E-state index in [0.717, 1.165) is 49.6 Å². The third-order valence-corrected chi connectivity index (χ3v) is 7.33. The Balaban J connectivity index is 1.32. The predicted molar refractivity (Wildman–Crippen MR) is 121 cm³/mol. The summed E-state index contributed by atoms with van der Waals surface area (Å²) in [5.41, 5.74) is 2.32. The lowest BCUT2D eigenvalue weighted by Crippen LogP contribution is -2.35. The summed E-state index contributed by atoms with van der Waals surface area (Å²) in [6.45, 7) is 3.12. The standard InChI is InChI=1S/C22H27N5O3S/c28-21(25-16-17-4-8-19(9-5-17)26-22-23-12-13-24-22)18-6-10-20(11-7-18)31(29,30)27-14-2-1-3-15-27/h4-11H,1-3,12-16H2,(H,25,28)(H2,23,24,26). The van der Waals surface area contributed by atoms with E-state index in [1.165, 1.54) is 16.4 Å². The number of rotatable bonds is 6. The zero-order valence-electron chi connectivity index (χ0n) is 17.3. The minimum Gasteiger partial charge on any atom is -0.354 e. The molecule has 3 N–H and O–H groups in total. The molecule has 1 amide bonds. The van der Waals surface area contributed by atoms with E-state index < -0.39 is 10.0 Å². The number of nitrogens with one attached hydrogen (secondary N) is 3. The number of guanidine groups is 1. The number of benzene rings is 2. The molecule has 2 aliphatic rings. The molecule has 8 nitrogen and oxygen atoms in total. The Hall–Kier alpha value is -2.91. The third kappa shape index (κ3) is 5.23. The van der Waals surface area contributed by atoms with E-state index in [4.69, 9.17) is 0 Å². The van der Waals surface area contributed by atoms with Gasteiger partial charge in [0.1, 0.15) is 0 Å². The van der Waals surface area contributed by atoms with Crippen LogP contribution in [0.5, 0.6) is 0 Å². The van der Waals surface area contributed by atoms with Gasteiger partial charge in [-0.25, -0.2) is 8.42 Å². The van der Waals surface area contributed by atoms with Gasteiger partial charge in [-0.05, 0) is 54.8 Å². The molecule has 0 bridgehead atoms. The van der Waals surface area contributed by atoms with Crippen LogP contribution in [0.15, 0.2) is 58.4 Å². The van der Waals surface area contributed by atoms with Crippen molar-refractivity contribution in [3.8, 4) is 0 Å². The van der Waals surface area contributed by atoms with Gasteiger partial charge in [0.15, 0.2) is 5.96 Å². The molecule has 2 aromatic rings. The fraction of sp³-hybridized carbons (Fsp3) is 0.364. The average Bonchev–Trinajstić information content (AvgIpc) is 3.32. The Kier molecular flexibility index (Phi) is 6.53. The molecule has 9 heteroatoms. The summed E-state index contributed by atoms with van der Waals surface area (Å²) in [7, 11) is -3.49. The number of hydrogen-bond donors (Lipinski definition) is 3. The van der Waals surface area contributed by atoms with Crippen LogP contribution in [0.25, 0.3) is 0 Å². The quantitative estimate of drug-likeness (QED) is 0.638. The molecule has 0 saturated carbocycles. The molecule has 0 atom stereocenters. The van der Waals surface area contributed by atoms with E-state index in [0.29, 0.717) is 25.2 Å².